The van der Waals surface area contributed by atoms with Gasteiger partial charge in [-0.05, 0) is 26.0 Å². The Labute approximate surface area is 71.8 Å². The molecule has 0 saturated carbocycles. The van der Waals surface area contributed by atoms with Crippen molar-refractivity contribution in [3.8, 4) is 0 Å². The molecule has 0 fully saturated rings. The Balaban J connectivity index is 2.93. The molecule has 0 atom stereocenters. The van der Waals surface area contributed by atoms with E-state index in [0.717, 1.165) is 17.1 Å². The number of carbonyl (C=O) groups excluding carboxylic acids is 1. The number of pyridine rings is 1. The molecule has 0 saturated heterocycles. The topological polar surface area (TPSA) is 42.0 Å². The van der Waals surface area contributed by atoms with Gasteiger partial charge in [0.25, 0.3) is 0 Å². The molecule has 0 aliphatic heterocycles. The Kier molecular flexibility index (Phi) is 2.43. The molecule has 1 N–H and O–H groups in total. The van der Waals surface area contributed by atoms with Gasteiger partial charge in [0.15, 0.2) is 0 Å². The number of aromatic nitrogens is 1. The van der Waals surface area contributed by atoms with Gasteiger partial charge < -0.3 is 5.32 Å². The number of amides is 1. The highest BCUT2D eigenvalue weighted by molar-refractivity contribution is 5.89. The summed E-state index contributed by atoms with van der Waals surface area (Å²) in [5, 5.41) is 2.70. The molecule has 0 aromatic carbocycles. The van der Waals surface area contributed by atoms with Crippen molar-refractivity contribution < 1.29 is 4.79 Å². The first kappa shape index (κ1) is 8.71. The van der Waals surface area contributed by atoms with Crippen LogP contribution in [0.2, 0.25) is 0 Å². The second kappa shape index (κ2) is 3.34. The van der Waals surface area contributed by atoms with Gasteiger partial charge in [-0.3, -0.25) is 9.78 Å². The van der Waals surface area contributed by atoms with Crippen LogP contribution in [0.5, 0.6) is 0 Å². The van der Waals surface area contributed by atoms with E-state index in [-0.39, 0.29) is 5.91 Å². The van der Waals surface area contributed by atoms with E-state index in [9.17, 15) is 4.79 Å². The standard InChI is InChI=1S/C9H12N2O/c1-6-4-5-9(7(2)10-6)11-8(3)12/h4-5H,1-3H3,(H,11,12). The smallest absolute Gasteiger partial charge is 0.221 e. The van der Waals surface area contributed by atoms with Gasteiger partial charge in [-0.15, -0.1) is 0 Å². The molecule has 1 aromatic rings. The Hall–Kier alpha value is -1.38. The molecule has 64 valence electrons. The van der Waals surface area contributed by atoms with Gasteiger partial charge in [0.2, 0.25) is 5.91 Å². The summed E-state index contributed by atoms with van der Waals surface area (Å²) in [6.45, 7) is 5.28. The molecule has 0 radical (unpaired) electrons. The van der Waals surface area contributed by atoms with Gasteiger partial charge in [-0.25, -0.2) is 0 Å². The zero-order chi connectivity index (χ0) is 9.14. The Bertz CT molecular complexity index is 307. The van der Waals surface area contributed by atoms with E-state index in [1.165, 1.54) is 6.92 Å². The highest BCUT2D eigenvalue weighted by atomic mass is 16.1. The van der Waals surface area contributed by atoms with E-state index in [1.807, 2.05) is 26.0 Å². The van der Waals surface area contributed by atoms with Gasteiger partial charge in [0.05, 0.1) is 11.4 Å². The van der Waals surface area contributed by atoms with Crippen LogP contribution in [0, 0.1) is 13.8 Å². The van der Waals surface area contributed by atoms with E-state index in [2.05, 4.69) is 10.3 Å². The van der Waals surface area contributed by atoms with Crippen molar-refractivity contribution in [2.45, 2.75) is 20.8 Å². The van der Waals surface area contributed by atoms with Crippen LogP contribution in [0.25, 0.3) is 0 Å². The van der Waals surface area contributed by atoms with E-state index < -0.39 is 0 Å². The maximum Gasteiger partial charge on any atom is 0.221 e. The maximum absolute atomic E-state index is 10.7. The van der Waals surface area contributed by atoms with Crippen LogP contribution in [-0.4, -0.2) is 10.9 Å². The van der Waals surface area contributed by atoms with Crippen molar-refractivity contribution >= 4 is 11.6 Å². The van der Waals surface area contributed by atoms with Crippen LogP contribution in [0.3, 0.4) is 0 Å². The molecule has 1 heterocycles. The van der Waals surface area contributed by atoms with Gasteiger partial charge in [-0.2, -0.15) is 0 Å². The first-order valence-corrected chi connectivity index (χ1v) is 3.81. The minimum atomic E-state index is -0.0660. The lowest BCUT2D eigenvalue weighted by molar-refractivity contribution is -0.114. The first-order valence-electron chi connectivity index (χ1n) is 3.81. The number of anilines is 1. The number of hydrogen-bond donors (Lipinski definition) is 1. The van der Waals surface area contributed by atoms with Crippen LogP contribution < -0.4 is 5.32 Å². The molecule has 1 amide bonds. The average molecular weight is 164 g/mol. The lowest BCUT2D eigenvalue weighted by Gasteiger charge is -2.05. The fourth-order valence-electron chi connectivity index (χ4n) is 1.01. The second-order valence-electron chi connectivity index (χ2n) is 2.77. The summed E-state index contributed by atoms with van der Waals surface area (Å²) in [7, 11) is 0. The number of rotatable bonds is 1. The van der Waals surface area contributed by atoms with Gasteiger partial charge in [-0.1, -0.05) is 0 Å². The number of carbonyl (C=O) groups is 1. The minimum absolute atomic E-state index is 0.0660. The average Bonchev–Trinajstić information content (AvgIpc) is 1.94. The van der Waals surface area contributed by atoms with Crippen LogP contribution in [-0.2, 0) is 4.79 Å². The number of aryl methyl sites for hydroxylation is 2. The lowest BCUT2D eigenvalue weighted by Crippen LogP contribution is -2.07. The maximum atomic E-state index is 10.7. The van der Waals surface area contributed by atoms with Crippen LogP contribution in [0.1, 0.15) is 18.3 Å². The van der Waals surface area contributed by atoms with E-state index in [1.54, 1.807) is 0 Å². The van der Waals surface area contributed by atoms with Crippen molar-refractivity contribution in [3.63, 3.8) is 0 Å². The molecule has 3 nitrogen and oxygen atoms in total. The monoisotopic (exact) mass is 164 g/mol. The zero-order valence-electron chi connectivity index (χ0n) is 7.51. The molecule has 0 aliphatic carbocycles. The Morgan fingerprint density at radius 1 is 1.42 bits per heavy atom. The third-order valence-electron chi connectivity index (χ3n) is 1.54. The van der Waals surface area contributed by atoms with Crippen LogP contribution in [0.15, 0.2) is 12.1 Å². The predicted octanol–water partition coefficient (Wildman–Crippen LogP) is 1.66. The molecule has 12 heavy (non-hydrogen) atoms. The molecule has 3 heteroatoms. The highest BCUT2D eigenvalue weighted by Crippen LogP contribution is 2.11. The number of nitrogens with zero attached hydrogens (tertiary/aromatic N) is 1. The quantitative estimate of drug-likeness (QED) is 0.685. The summed E-state index contributed by atoms with van der Waals surface area (Å²) >= 11 is 0. The molecule has 0 spiro atoms. The van der Waals surface area contributed by atoms with E-state index >= 15 is 0 Å². The fourth-order valence-corrected chi connectivity index (χ4v) is 1.01. The molecule has 1 rings (SSSR count). The Morgan fingerprint density at radius 3 is 2.58 bits per heavy atom. The SMILES string of the molecule is CC(=O)Nc1ccc(C)nc1C. The summed E-state index contributed by atoms with van der Waals surface area (Å²) in [6, 6.07) is 3.73. The van der Waals surface area contributed by atoms with Crippen molar-refractivity contribution in [1.82, 2.24) is 4.98 Å². The van der Waals surface area contributed by atoms with Crippen molar-refractivity contribution in [3.05, 3.63) is 23.5 Å². The largest absolute Gasteiger partial charge is 0.325 e. The first-order chi connectivity index (χ1) is 5.59. The fraction of sp³-hybridized carbons (Fsp3) is 0.333. The third-order valence-corrected chi connectivity index (χ3v) is 1.54. The van der Waals surface area contributed by atoms with Crippen molar-refractivity contribution in [2.24, 2.45) is 0 Å². The summed E-state index contributed by atoms with van der Waals surface area (Å²) in [6.07, 6.45) is 0. The molecule has 0 unspecified atom stereocenters. The van der Waals surface area contributed by atoms with E-state index in [4.69, 9.17) is 0 Å². The van der Waals surface area contributed by atoms with Crippen molar-refractivity contribution in [2.75, 3.05) is 5.32 Å². The highest BCUT2D eigenvalue weighted by Gasteiger charge is 2.00. The lowest BCUT2D eigenvalue weighted by atomic mass is 10.3. The Morgan fingerprint density at radius 2 is 2.08 bits per heavy atom. The molecule has 0 bridgehead atoms. The van der Waals surface area contributed by atoms with Crippen LogP contribution in [0.4, 0.5) is 5.69 Å². The van der Waals surface area contributed by atoms with Gasteiger partial charge in [0.1, 0.15) is 0 Å². The molecule has 1 aromatic heterocycles. The molecule has 0 aliphatic rings. The van der Waals surface area contributed by atoms with Gasteiger partial charge >= 0.3 is 0 Å². The summed E-state index contributed by atoms with van der Waals surface area (Å²) < 4.78 is 0. The van der Waals surface area contributed by atoms with E-state index in [0.29, 0.717) is 0 Å². The predicted molar refractivity (Wildman–Crippen MR) is 48.0 cm³/mol. The molecular weight excluding hydrogens is 152 g/mol. The normalized spacial score (nSPS) is 9.58. The third kappa shape index (κ3) is 2.05. The minimum Gasteiger partial charge on any atom is -0.325 e. The zero-order valence-corrected chi connectivity index (χ0v) is 7.51. The summed E-state index contributed by atoms with van der Waals surface area (Å²) in [5.74, 6) is -0.0660. The number of nitrogens with one attached hydrogen (secondary N) is 1. The molecular formula is C9H12N2O. The second-order valence-corrected chi connectivity index (χ2v) is 2.77. The van der Waals surface area contributed by atoms with Gasteiger partial charge in [0, 0.05) is 12.6 Å². The van der Waals surface area contributed by atoms with Crippen molar-refractivity contribution in [1.29, 1.82) is 0 Å². The number of hydrogen-bond acceptors (Lipinski definition) is 2. The summed E-state index contributed by atoms with van der Waals surface area (Å²) in [5.41, 5.74) is 2.60. The summed E-state index contributed by atoms with van der Waals surface area (Å²) in [4.78, 5) is 14.9. The van der Waals surface area contributed by atoms with Crippen LogP contribution >= 0.6 is 0 Å².